The van der Waals surface area contributed by atoms with Gasteiger partial charge in [-0.2, -0.15) is 0 Å². The first-order chi connectivity index (χ1) is 10.1. The van der Waals surface area contributed by atoms with Crippen molar-refractivity contribution in [2.45, 2.75) is 33.3 Å². The van der Waals surface area contributed by atoms with Gasteiger partial charge in [-0.1, -0.05) is 44.2 Å². The van der Waals surface area contributed by atoms with Crippen molar-refractivity contribution < 1.29 is 14.3 Å². The number of hydrogen-bond donors (Lipinski definition) is 0. The molecule has 0 N–H and O–H groups in total. The number of benzene rings is 1. The number of amides is 2. The fraction of sp³-hybridized carbons (Fsp3) is 0.500. The average Bonchev–Trinajstić information content (AvgIpc) is 2.52. The van der Waals surface area contributed by atoms with E-state index in [4.69, 9.17) is 4.74 Å². The molecule has 1 aliphatic heterocycles. The summed E-state index contributed by atoms with van der Waals surface area (Å²) in [6.45, 7) is 5.01. The van der Waals surface area contributed by atoms with Crippen molar-refractivity contribution in [2.75, 3.05) is 13.1 Å². The minimum Gasteiger partial charge on any atom is -0.443 e. The zero-order valence-corrected chi connectivity index (χ0v) is 12.6. The van der Waals surface area contributed by atoms with Crippen molar-refractivity contribution in [2.24, 2.45) is 5.92 Å². The van der Waals surface area contributed by atoms with Gasteiger partial charge in [0.05, 0.1) is 0 Å². The molecule has 1 heterocycles. The third-order valence-corrected chi connectivity index (χ3v) is 3.45. The van der Waals surface area contributed by atoms with Crippen LogP contribution in [-0.4, -0.2) is 35.1 Å². The molecule has 0 spiro atoms. The van der Waals surface area contributed by atoms with Gasteiger partial charge in [0.15, 0.2) is 0 Å². The van der Waals surface area contributed by atoms with Crippen LogP contribution in [0.1, 0.15) is 32.3 Å². The zero-order valence-electron chi connectivity index (χ0n) is 12.6. The number of nitrogens with zero attached hydrogens (tertiary/aromatic N) is 2. The molecular weight excluding hydrogens is 268 g/mol. The zero-order chi connectivity index (χ0) is 15.2. The third kappa shape index (κ3) is 3.97. The van der Waals surface area contributed by atoms with Crippen molar-refractivity contribution in [3.05, 3.63) is 35.9 Å². The predicted molar refractivity (Wildman–Crippen MR) is 79.1 cm³/mol. The molecule has 0 unspecified atom stereocenters. The van der Waals surface area contributed by atoms with E-state index in [1.165, 1.54) is 10.0 Å². The van der Waals surface area contributed by atoms with Crippen molar-refractivity contribution in [1.82, 2.24) is 10.0 Å². The molecule has 0 aliphatic carbocycles. The molecule has 1 aliphatic rings. The van der Waals surface area contributed by atoms with E-state index >= 15 is 0 Å². The van der Waals surface area contributed by atoms with E-state index in [1.807, 2.05) is 44.2 Å². The van der Waals surface area contributed by atoms with Crippen LogP contribution >= 0.6 is 0 Å². The van der Waals surface area contributed by atoms with Crippen LogP contribution in [0.5, 0.6) is 0 Å². The maximum Gasteiger partial charge on any atom is 0.429 e. The second kappa shape index (κ2) is 7.11. The summed E-state index contributed by atoms with van der Waals surface area (Å²) in [4.78, 5) is 24.4. The van der Waals surface area contributed by atoms with E-state index in [2.05, 4.69) is 0 Å². The van der Waals surface area contributed by atoms with Crippen molar-refractivity contribution in [3.63, 3.8) is 0 Å². The molecule has 1 aromatic rings. The minimum absolute atomic E-state index is 0.0358. The smallest absolute Gasteiger partial charge is 0.429 e. The molecule has 0 saturated carbocycles. The Morgan fingerprint density at radius 2 is 1.71 bits per heavy atom. The van der Waals surface area contributed by atoms with Crippen LogP contribution in [0.2, 0.25) is 0 Å². The van der Waals surface area contributed by atoms with Gasteiger partial charge in [0.25, 0.3) is 0 Å². The Labute approximate surface area is 125 Å². The Morgan fingerprint density at radius 1 is 1.10 bits per heavy atom. The molecule has 0 radical (unpaired) electrons. The Balaban J connectivity index is 1.97. The molecule has 1 fully saturated rings. The lowest BCUT2D eigenvalue weighted by molar-refractivity contribution is -0.153. The Morgan fingerprint density at radius 3 is 2.33 bits per heavy atom. The van der Waals surface area contributed by atoms with E-state index in [9.17, 15) is 9.59 Å². The maximum atomic E-state index is 12.2. The highest BCUT2D eigenvalue weighted by molar-refractivity contribution is 5.81. The SMILES string of the molecule is CC(C)C(=O)N1CCCCN1C(=O)OCc1ccccc1. The number of ether oxygens (including phenoxy) is 1. The summed E-state index contributed by atoms with van der Waals surface area (Å²) >= 11 is 0. The molecule has 0 aromatic heterocycles. The van der Waals surface area contributed by atoms with E-state index in [0.717, 1.165) is 18.4 Å². The van der Waals surface area contributed by atoms with Gasteiger partial charge >= 0.3 is 6.09 Å². The lowest BCUT2D eigenvalue weighted by Gasteiger charge is -2.38. The topological polar surface area (TPSA) is 49.9 Å². The first kappa shape index (κ1) is 15.4. The van der Waals surface area contributed by atoms with Crippen molar-refractivity contribution >= 4 is 12.0 Å². The summed E-state index contributed by atoms with van der Waals surface area (Å²) in [7, 11) is 0. The molecule has 2 amide bonds. The van der Waals surface area contributed by atoms with Crippen LogP contribution in [-0.2, 0) is 16.1 Å². The largest absolute Gasteiger partial charge is 0.443 e. The summed E-state index contributed by atoms with van der Waals surface area (Å²) in [5.74, 6) is -0.168. The standard InChI is InChI=1S/C16H22N2O3/c1-13(2)15(19)17-10-6-7-11-18(17)16(20)21-12-14-8-4-3-5-9-14/h3-5,8-9,13H,6-7,10-12H2,1-2H3. The number of carbonyl (C=O) groups is 2. The van der Waals surface area contributed by atoms with E-state index in [0.29, 0.717) is 13.1 Å². The second-order valence-electron chi connectivity index (χ2n) is 5.49. The monoisotopic (exact) mass is 290 g/mol. The summed E-state index contributed by atoms with van der Waals surface area (Å²) in [5, 5.41) is 2.97. The molecular formula is C16H22N2O3. The van der Waals surface area contributed by atoms with Gasteiger partial charge in [0.2, 0.25) is 5.91 Å². The highest BCUT2D eigenvalue weighted by Crippen LogP contribution is 2.16. The first-order valence-electron chi connectivity index (χ1n) is 7.39. The van der Waals surface area contributed by atoms with Crippen LogP contribution in [0.25, 0.3) is 0 Å². The quantitative estimate of drug-likeness (QED) is 0.860. The van der Waals surface area contributed by atoms with E-state index in [-0.39, 0.29) is 18.4 Å². The highest BCUT2D eigenvalue weighted by Gasteiger charge is 2.30. The minimum atomic E-state index is -0.451. The fourth-order valence-electron chi connectivity index (χ4n) is 2.28. The fourth-order valence-corrected chi connectivity index (χ4v) is 2.28. The van der Waals surface area contributed by atoms with Crippen LogP contribution in [0.3, 0.4) is 0 Å². The molecule has 114 valence electrons. The van der Waals surface area contributed by atoms with Crippen molar-refractivity contribution in [1.29, 1.82) is 0 Å². The molecule has 21 heavy (non-hydrogen) atoms. The second-order valence-corrected chi connectivity index (χ2v) is 5.49. The number of hydrogen-bond acceptors (Lipinski definition) is 3. The van der Waals surface area contributed by atoms with Gasteiger partial charge in [-0.05, 0) is 18.4 Å². The van der Waals surface area contributed by atoms with Gasteiger partial charge in [-0.25, -0.2) is 14.8 Å². The number of carbonyl (C=O) groups excluding carboxylic acids is 2. The van der Waals surface area contributed by atoms with Gasteiger partial charge in [0.1, 0.15) is 6.61 Å². The molecule has 0 bridgehead atoms. The molecule has 2 rings (SSSR count). The molecule has 1 saturated heterocycles. The van der Waals surface area contributed by atoms with Crippen LogP contribution in [0, 0.1) is 5.92 Å². The van der Waals surface area contributed by atoms with Crippen LogP contribution in [0.4, 0.5) is 4.79 Å². The molecule has 0 atom stereocenters. The van der Waals surface area contributed by atoms with Crippen molar-refractivity contribution in [3.8, 4) is 0 Å². The van der Waals surface area contributed by atoms with E-state index in [1.54, 1.807) is 0 Å². The normalized spacial score (nSPS) is 15.2. The molecule has 5 nitrogen and oxygen atoms in total. The average molecular weight is 290 g/mol. The third-order valence-electron chi connectivity index (χ3n) is 3.45. The predicted octanol–water partition coefficient (Wildman–Crippen LogP) is 2.82. The number of rotatable bonds is 3. The van der Waals surface area contributed by atoms with Crippen LogP contribution in [0.15, 0.2) is 30.3 Å². The van der Waals surface area contributed by atoms with Gasteiger partial charge in [-0.15, -0.1) is 0 Å². The summed E-state index contributed by atoms with van der Waals surface area (Å²) in [5.41, 5.74) is 0.935. The number of hydrazine groups is 1. The Kier molecular flexibility index (Phi) is 5.20. The highest BCUT2D eigenvalue weighted by atomic mass is 16.6. The maximum absolute atomic E-state index is 12.2. The lowest BCUT2D eigenvalue weighted by atomic mass is 10.1. The van der Waals surface area contributed by atoms with E-state index < -0.39 is 6.09 Å². The van der Waals surface area contributed by atoms with Gasteiger partial charge in [0, 0.05) is 19.0 Å². The summed E-state index contributed by atoms with van der Waals surface area (Å²) < 4.78 is 5.32. The van der Waals surface area contributed by atoms with Crippen LogP contribution < -0.4 is 0 Å². The Bertz CT molecular complexity index is 488. The molecule has 1 aromatic carbocycles. The van der Waals surface area contributed by atoms with Gasteiger partial charge < -0.3 is 4.74 Å². The lowest BCUT2D eigenvalue weighted by Crippen LogP contribution is -2.54. The first-order valence-corrected chi connectivity index (χ1v) is 7.39. The Hall–Kier alpha value is -2.04. The summed E-state index contributed by atoms with van der Waals surface area (Å²) in [6, 6.07) is 9.53. The summed E-state index contributed by atoms with van der Waals surface area (Å²) in [6.07, 6.45) is 1.36. The molecule has 5 heteroatoms. The van der Waals surface area contributed by atoms with Gasteiger partial charge in [-0.3, -0.25) is 4.79 Å².